The predicted octanol–water partition coefficient (Wildman–Crippen LogP) is 5.98. The Balaban J connectivity index is 1.89. The molecule has 3 aromatic carbocycles. The maximum absolute atomic E-state index is 6.07. The molecule has 4 rings (SSSR count). The Bertz CT molecular complexity index is 987. The Kier molecular flexibility index (Phi) is 4.50. The molecule has 1 aromatic heterocycles. The number of anilines is 1. The van der Waals surface area contributed by atoms with Crippen molar-refractivity contribution in [1.29, 1.82) is 0 Å². The molecular weight excluding hydrogens is 393 g/mol. The zero-order chi connectivity index (χ0) is 17.2. The molecule has 0 aliphatic heterocycles. The molecular formula is C22H16ClNSe. The zero-order valence-electron chi connectivity index (χ0n) is 13.4. The van der Waals surface area contributed by atoms with E-state index < -0.39 is 0 Å². The molecule has 0 bridgehead atoms. The number of benzene rings is 3. The summed E-state index contributed by atoms with van der Waals surface area (Å²) in [6.45, 7) is 0. The molecule has 0 radical (unpaired) electrons. The van der Waals surface area contributed by atoms with E-state index >= 15 is 0 Å². The molecule has 0 atom stereocenters. The topological polar surface area (TPSA) is 26.0 Å². The van der Waals surface area contributed by atoms with Gasteiger partial charge in [-0.1, -0.05) is 0 Å². The molecule has 0 amide bonds. The summed E-state index contributed by atoms with van der Waals surface area (Å²) >= 11 is 6.31. The molecule has 3 heteroatoms. The van der Waals surface area contributed by atoms with Crippen LogP contribution >= 0.6 is 11.6 Å². The monoisotopic (exact) mass is 409 g/mol. The van der Waals surface area contributed by atoms with Crippen molar-refractivity contribution in [3.05, 3.63) is 90.0 Å². The third kappa shape index (κ3) is 3.43. The van der Waals surface area contributed by atoms with Gasteiger partial charge >= 0.3 is 159 Å². The van der Waals surface area contributed by atoms with E-state index in [1.165, 1.54) is 31.1 Å². The van der Waals surface area contributed by atoms with Crippen LogP contribution in [0.2, 0.25) is 5.02 Å². The molecule has 1 heterocycles. The van der Waals surface area contributed by atoms with E-state index in [0.717, 1.165) is 10.7 Å². The molecule has 0 spiro atoms. The Labute approximate surface area is 158 Å². The number of nitrogen functional groups attached to an aromatic ring is 1. The van der Waals surface area contributed by atoms with Gasteiger partial charge in [0.25, 0.3) is 0 Å². The van der Waals surface area contributed by atoms with Gasteiger partial charge in [0, 0.05) is 0 Å². The zero-order valence-corrected chi connectivity index (χ0v) is 15.9. The Morgan fingerprint density at radius 3 is 2.00 bits per heavy atom. The molecule has 0 aliphatic rings. The van der Waals surface area contributed by atoms with Crippen molar-refractivity contribution in [2.45, 2.75) is 0 Å². The van der Waals surface area contributed by atoms with Crippen LogP contribution in [-0.4, -0.2) is 14.5 Å². The normalized spacial score (nSPS) is 10.8. The van der Waals surface area contributed by atoms with Crippen molar-refractivity contribution in [1.82, 2.24) is 0 Å². The van der Waals surface area contributed by atoms with E-state index in [-0.39, 0.29) is 14.5 Å². The van der Waals surface area contributed by atoms with Crippen LogP contribution in [0.1, 0.15) is 0 Å². The fourth-order valence-corrected chi connectivity index (χ4v) is 5.45. The minimum absolute atomic E-state index is 0.242. The SMILES string of the molecule is Nc1ccc(-c2cc(-c3ccc(Cl)cc3)c(-c3ccccc3)[se]2)cc1. The molecule has 0 aliphatic carbocycles. The Morgan fingerprint density at radius 2 is 1.32 bits per heavy atom. The number of nitrogens with two attached hydrogens (primary N) is 1. The van der Waals surface area contributed by atoms with Gasteiger partial charge in [0.1, 0.15) is 0 Å². The van der Waals surface area contributed by atoms with Crippen molar-refractivity contribution >= 4 is 31.8 Å². The van der Waals surface area contributed by atoms with Crippen LogP contribution in [0.3, 0.4) is 0 Å². The predicted molar refractivity (Wildman–Crippen MR) is 109 cm³/mol. The minimum atomic E-state index is 0.242. The van der Waals surface area contributed by atoms with E-state index in [4.69, 9.17) is 17.3 Å². The van der Waals surface area contributed by atoms with Gasteiger partial charge in [0.05, 0.1) is 0 Å². The first-order chi connectivity index (χ1) is 12.2. The van der Waals surface area contributed by atoms with Crippen molar-refractivity contribution in [2.24, 2.45) is 0 Å². The Hall–Kier alpha value is -2.25. The quantitative estimate of drug-likeness (QED) is 0.327. The second-order valence-electron chi connectivity index (χ2n) is 5.85. The summed E-state index contributed by atoms with van der Waals surface area (Å²) in [4.78, 5) is 0. The van der Waals surface area contributed by atoms with Crippen LogP contribution in [0.4, 0.5) is 5.69 Å². The second-order valence-corrected chi connectivity index (χ2v) is 8.49. The first kappa shape index (κ1) is 16.2. The van der Waals surface area contributed by atoms with Crippen LogP contribution in [0.15, 0.2) is 84.9 Å². The number of hydrogen-bond acceptors (Lipinski definition) is 1. The summed E-state index contributed by atoms with van der Waals surface area (Å²) in [6, 6.07) is 29.2. The number of hydrogen-bond donors (Lipinski definition) is 1. The standard InChI is InChI=1S/C22H16ClNSe/c23-18-10-6-15(7-11-18)20-14-21(16-8-12-19(24)13-9-16)25-22(20)17-4-2-1-3-5-17/h1-14H,24H2. The van der Waals surface area contributed by atoms with E-state index in [0.29, 0.717) is 0 Å². The summed E-state index contributed by atoms with van der Waals surface area (Å²) in [6.07, 6.45) is 0. The van der Waals surface area contributed by atoms with Crippen LogP contribution < -0.4 is 5.73 Å². The van der Waals surface area contributed by atoms with Gasteiger partial charge in [-0.3, -0.25) is 0 Å². The van der Waals surface area contributed by atoms with Gasteiger partial charge in [-0.05, 0) is 0 Å². The van der Waals surface area contributed by atoms with E-state index in [1.54, 1.807) is 0 Å². The molecule has 4 aromatic rings. The second kappa shape index (κ2) is 6.93. The van der Waals surface area contributed by atoms with Crippen LogP contribution in [0, 0.1) is 0 Å². The van der Waals surface area contributed by atoms with Crippen molar-refractivity contribution in [3.8, 4) is 31.1 Å². The molecule has 0 saturated heterocycles. The van der Waals surface area contributed by atoms with Crippen molar-refractivity contribution in [3.63, 3.8) is 0 Å². The summed E-state index contributed by atoms with van der Waals surface area (Å²) < 4.78 is 2.78. The molecule has 0 saturated carbocycles. The van der Waals surface area contributed by atoms with Gasteiger partial charge in [0.2, 0.25) is 0 Å². The first-order valence-electron chi connectivity index (χ1n) is 8.02. The number of rotatable bonds is 3. The average Bonchev–Trinajstić information content (AvgIpc) is 3.09. The van der Waals surface area contributed by atoms with Crippen molar-refractivity contribution in [2.75, 3.05) is 5.73 Å². The van der Waals surface area contributed by atoms with Gasteiger partial charge in [-0.2, -0.15) is 0 Å². The summed E-state index contributed by atoms with van der Waals surface area (Å²) in [5.41, 5.74) is 11.7. The third-order valence-electron chi connectivity index (χ3n) is 4.12. The number of halogens is 1. The van der Waals surface area contributed by atoms with Crippen LogP contribution in [-0.2, 0) is 0 Å². The summed E-state index contributed by atoms with van der Waals surface area (Å²) in [5.74, 6) is 0. The average molecular weight is 409 g/mol. The summed E-state index contributed by atoms with van der Waals surface area (Å²) in [5, 5.41) is 0.761. The van der Waals surface area contributed by atoms with Gasteiger partial charge in [-0.25, -0.2) is 0 Å². The molecule has 1 nitrogen and oxygen atoms in total. The third-order valence-corrected chi connectivity index (χ3v) is 6.96. The first-order valence-corrected chi connectivity index (χ1v) is 10.1. The molecule has 2 N–H and O–H groups in total. The fourth-order valence-electron chi connectivity index (χ4n) is 2.83. The molecule has 122 valence electrons. The van der Waals surface area contributed by atoms with Crippen LogP contribution in [0.25, 0.3) is 31.1 Å². The van der Waals surface area contributed by atoms with Gasteiger partial charge in [-0.15, -0.1) is 0 Å². The van der Waals surface area contributed by atoms with Crippen molar-refractivity contribution < 1.29 is 0 Å². The maximum atomic E-state index is 6.07. The molecule has 0 unspecified atom stereocenters. The Morgan fingerprint density at radius 1 is 0.680 bits per heavy atom. The van der Waals surface area contributed by atoms with Gasteiger partial charge < -0.3 is 0 Å². The van der Waals surface area contributed by atoms with Crippen LogP contribution in [0.5, 0.6) is 0 Å². The van der Waals surface area contributed by atoms with Gasteiger partial charge in [0.15, 0.2) is 0 Å². The van der Waals surface area contributed by atoms with E-state index in [2.05, 4.69) is 60.7 Å². The summed E-state index contributed by atoms with van der Waals surface area (Å²) in [7, 11) is 0. The van der Waals surface area contributed by atoms with E-state index in [1.807, 2.05) is 24.3 Å². The fraction of sp³-hybridized carbons (Fsp3) is 0. The molecule has 25 heavy (non-hydrogen) atoms. The molecule has 0 fully saturated rings. The van der Waals surface area contributed by atoms with E-state index in [9.17, 15) is 0 Å².